The topological polar surface area (TPSA) is 81.7 Å². The van der Waals surface area contributed by atoms with Gasteiger partial charge in [0, 0.05) is 12.0 Å². The first-order valence-electron chi connectivity index (χ1n) is 7.08. The van der Waals surface area contributed by atoms with Gasteiger partial charge in [-0.2, -0.15) is 0 Å². The maximum Gasteiger partial charge on any atom is 0.323 e. The molecule has 0 bridgehead atoms. The summed E-state index contributed by atoms with van der Waals surface area (Å²) in [5, 5.41) is 2.78. The fraction of sp³-hybridized carbons (Fsp3) is 0.438. The highest BCUT2D eigenvalue weighted by Gasteiger charge is 2.27. The van der Waals surface area contributed by atoms with Gasteiger partial charge < -0.3 is 9.47 Å². The maximum absolute atomic E-state index is 12.2. The lowest BCUT2D eigenvalue weighted by atomic mass is 10.0. The standard InChI is InChI=1S/C16H21NO5/c1-4-22-16(20)13(17-11(2)15(19)21-3)10-14(18)12-8-6-5-7-9-12/h5-9,11,13,17H,4,10H2,1-3H3/t11-,13-/m0/s1. The van der Waals surface area contributed by atoms with Crippen LogP contribution in [0.2, 0.25) is 0 Å². The predicted molar refractivity (Wildman–Crippen MR) is 80.4 cm³/mol. The molecule has 0 fully saturated rings. The molecule has 1 aromatic rings. The van der Waals surface area contributed by atoms with E-state index < -0.39 is 24.0 Å². The maximum atomic E-state index is 12.2. The number of hydrogen-bond donors (Lipinski definition) is 1. The number of nitrogens with one attached hydrogen (secondary N) is 1. The van der Waals surface area contributed by atoms with Gasteiger partial charge in [-0.3, -0.25) is 19.7 Å². The zero-order valence-electron chi connectivity index (χ0n) is 13.0. The Hall–Kier alpha value is -2.21. The summed E-state index contributed by atoms with van der Waals surface area (Å²) in [5.41, 5.74) is 0.504. The molecule has 0 spiro atoms. The lowest BCUT2D eigenvalue weighted by Crippen LogP contribution is -2.47. The lowest BCUT2D eigenvalue weighted by molar-refractivity contribution is -0.147. The zero-order chi connectivity index (χ0) is 16.5. The van der Waals surface area contributed by atoms with Gasteiger partial charge >= 0.3 is 11.9 Å². The largest absolute Gasteiger partial charge is 0.468 e. The van der Waals surface area contributed by atoms with E-state index in [2.05, 4.69) is 10.1 Å². The van der Waals surface area contributed by atoms with Gasteiger partial charge in [-0.15, -0.1) is 0 Å². The number of carbonyl (C=O) groups is 3. The number of carbonyl (C=O) groups excluding carboxylic acids is 3. The van der Waals surface area contributed by atoms with Crippen LogP contribution in [0.25, 0.3) is 0 Å². The number of esters is 2. The van der Waals surface area contributed by atoms with Crippen LogP contribution in [0.3, 0.4) is 0 Å². The fourth-order valence-electron chi connectivity index (χ4n) is 1.93. The van der Waals surface area contributed by atoms with E-state index in [9.17, 15) is 14.4 Å². The van der Waals surface area contributed by atoms with Crippen molar-refractivity contribution in [1.29, 1.82) is 0 Å². The molecule has 0 aliphatic rings. The molecule has 0 unspecified atom stereocenters. The summed E-state index contributed by atoms with van der Waals surface area (Å²) in [6, 6.07) is 7.03. The number of rotatable bonds is 8. The van der Waals surface area contributed by atoms with E-state index in [0.29, 0.717) is 5.56 Å². The molecule has 0 radical (unpaired) electrons. The average Bonchev–Trinajstić information content (AvgIpc) is 2.54. The van der Waals surface area contributed by atoms with Crippen molar-refractivity contribution in [2.24, 2.45) is 0 Å². The van der Waals surface area contributed by atoms with Gasteiger partial charge in [0.05, 0.1) is 13.7 Å². The summed E-state index contributed by atoms with van der Waals surface area (Å²) in [6.45, 7) is 3.44. The minimum absolute atomic E-state index is 0.0931. The molecule has 6 heteroatoms. The van der Waals surface area contributed by atoms with Crippen molar-refractivity contribution >= 4 is 17.7 Å². The summed E-state index contributed by atoms with van der Waals surface area (Å²) >= 11 is 0. The Kier molecular flexibility index (Phi) is 7.25. The Morgan fingerprint density at radius 2 is 1.77 bits per heavy atom. The van der Waals surface area contributed by atoms with E-state index in [1.807, 2.05) is 0 Å². The molecule has 2 atom stereocenters. The number of hydrogen-bond acceptors (Lipinski definition) is 6. The Balaban J connectivity index is 2.80. The third kappa shape index (κ3) is 5.29. The number of benzene rings is 1. The minimum atomic E-state index is -0.901. The minimum Gasteiger partial charge on any atom is -0.468 e. The number of methoxy groups -OCH3 is 1. The number of Topliss-reactive ketones (excluding diaryl/α,β-unsaturated/α-hetero) is 1. The smallest absolute Gasteiger partial charge is 0.323 e. The number of ether oxygens (including phenoxy) is 2. The highest BCUT2D eigenvalue weighted by atomic mass is 16.5. The van der Waals surface area contributed by atoms with Crippen LogP contribution in [-0.2, 0) is 19.1 Å². The van der Waals surface area contributed by atoms with Gasteiger partial charge in [0.1, 0.15) is 12.1 Å². The zero-order valence-corrected chi connectivity index (χ0v) is 13.0. The van der Waals surface area contributed by atoms with Crippen LogP contribution < -0.4 is 5.32 Å². The van der Waals surface area contributed by atoms with Crippen molar-refractivity contribution in [2.45, 2.75) is 32.4 Å². The van der Waals surface area contributed by atoms with Crippen molar-refractivity contribution in [1.82, 2.24) is 5.32 Å². The second-order valence-corrected chi connectivity index (χ2v) is 4.71. The molecule has 0 amide bonds. The van der Waals surface area contributed by atoms with E-state index in [1.54, 1.807) is 44.2 Å². The molecule has 0 saturated heterocycles. The Morgan fingerprint density at radius 1 is 1.14 bits per heavy atom. The Morgan fingerprint density at radius 3 is 2.32 bits per heavy atom. The highest BCUT2D eigenvalue weighted by molar-refractivity contribution is 5.99. The van der Waals surface area contributed by atoms with Crippen molar-refractivity contribution < 1.29 is 23.9 Å². The molecule has 120 valence electrons. The molecule has 0 aromatic heterocycles. The van der Waals surface area contributed by atoms with E-state index in [1.165, 1.54) is 7.11 Å². The summed E-state index contributed by atoms with van der Waals surface area (Å²) in [4.78, 5) is 35.6. The molecule has 22 heavy (non-hydrogen) atoms. The van der Waals surface area contributed by atoms with Crippen LogP contribution in [0, 0.1) is 0 Å². The summed E-state index contributed by atoms with van der Waals surface area (Å²) in [7, 11) is 1.26. The molecule has 6 nitrogen and oxygen atoms in total. The van der Waals surface area contributed by atoms with E-state index in [0.717, 1.165) is 0 Å². The first-order valence-corrected chi connectivity index (χ1v) is 7.08. The van der Waals surface area contributed by atoms with Crippen LogP contribution in [-0.4, -0.2) is 43.5 Å². The fourth-order valence-corrected chi connectivity index (χ4v) is 1.93. The van der Waals surface area contributed by atoms with Gasteiger partial charge in [-0.05, 0) is 13.8 Å². The quantitative estimate of drug-likeness (QED) is 0.576. The molecule has 1 rings (SSSR count). The molecule has 0 aliphatic heterocycles. The monoisotopic (exact) mass is 307 g/mol. The Bertz CT molecular complexity index is 515. The second-order valence-electron chi connectivity index (χ2n) is 4.71. The molecule has 1 N–H and O–H groups in total. The summed E-state index contributed by atoms with van der Waals surface area (Å²) in [6.07, 6.45) is -0.0931. The molecule has 0 heterocycles. The van der Waals surface area contributed by atoms with Crippen LogP contribution in [0.15, 0.2) is 30.3 Å². The molecular weight excluding hydrogens is 286 g/mol. The van der Waals surface area contributed by atoms with Crippen molar-refractivity contribution in [3.05, 3.63) is 35.9 Å². The van der Waals surface area contributed by atoms with Crippen molar-refractivity contribution in [3.63, 3.8) is 0 Å². The molecule has 1 aromatic carbocycles. The average molecular weight is 307 g/mol. The van der Waals surface area contributed by atoms with Crippen molar-refractivity contribution in [2.75, 3.05) is 13.7 Å². The molecule has 0 aliphatic carbocycles. The van der Waals surface area contributed by atoms with Crippen LogP contribution in [0.5, 0.6) is 0 Å². The first-order chi connectivity index (χ1) is 10.5. The van der Waals surface area contributed by atoms with Crippen LogP contribution in [0.1, 0.15) is 30.6 Å². The van der Waals surface area contributed by atoms with E-state index in [-0.39, 0.29) is 18.8 Å². The van der Waals surface area contributed by atoms with Crippen LogP contribution in [0.4, 0.5) is 0 Å². The van der Waals surface area contributed by atoms with Crippen LogP contribution >= 0.6 is 0 Å². The third-order valence-electron chi connectivity index (χ3n) is 3.06. The summed E-state index contributed by atoms with van der Waals surface area (Å²) in [5.74, 6) is -1.28. The highest BCUT2D eigenvalue weighted by Crippen LogP contribution is 2.08. The first kappa shape index (κ1) is 17.8. The molecule has 0 saturated carbocycles. The van der Waals surface area contributed by atoms with Gasteiger partial charge in [-0.1, -0.05) is 30.3 Å². The van der Waals surface area contributed by atoms with Gasteiger partial charge in [0.15, 0.2) is 5.78 Å². The summed E-state index contributed by atoms with van der Waals surface area (Å²) < 4.78 is 9.55. The Labute approximate surface area is 129 Å². The second kappa shape index (κ2) is 8.94. The number of ketones is 1. The predicted octanol–water partition coefficient (Wildman–Crippen LogP) is 1.34. The van der Waals surface area contributed by atoms with Crippen molar-refractivity contribution in [3.8, 4) is 0 Å². The lowest BCUT2D eigenvalue weighted by Gasteiger charge is -2.20. The van der Waals surface area contributed by atoms with Gasteiger partial charge in [0.25, 0.3) is 0 Å². The van der Waals surface area contributed by atoms with E-state index in [4.69, 9.17) is 4.74 Å². The van der Waals surface area contributed by atoms with Gasteiger partial charge in [-0.25, -0.2) is 0 Å². The third-order valence-corrected chi connectivity index (χ3v) is 3.06. The normalized spacial score (nSPS) is 13.0. The van der Waals surface area contributed by atoms with E-state index >= 15 is 0 Å². The SMILES string of the molecule is CCOC(=O)[C@H](CC(=O)c1ccccc1)N[C@@H](C)C(=O)OC. The molecular formula is C16H21NO5. The van der Waals surface area contributed by atoms with Gasteiger partial charge in [0.2, 0.25) is 0 Å².